The molecule has 0 saturated carbocycles. The highest BCUT2D eigenvalue weighted by Crippen LogP contribution is 2.05. The molecule has 1 rings (SSSR count). The first-order valence-corrected chi connectivity index (χ1v) is 5.09. The SMILES string of the molecule is O=C(CCl)c1ccc(C#CCCl)cc1. The number of benzene rings is 1. The maximum atomic E-state index is 11.1. The summed E-state index contributed by atoms with van der Waals surface area (Å²) in [5.41, 5.74) is 1.45. The van der Waals surface area contributed by atoms with Crippen LogP contribution in [0.4, 0.5) is 0 Å². The molecule has 1 aromatic rings. The van der Waals surface area contributed by atoms with E-state index in [-0.39, 0.29) is 11.7 Å². The standard InChI is InChI=1S/C11H8Cl2O/c12-7-1-2-9-3-5-10(6-4-9)11(14)8-13/h3-6H,7-8H2. The van der Waals surface area contributed by atoms with Gasteiger partial charge in [-0.15, -0.1) is 23.2 Å². The summed E-state index contributed by atoms with van der Waals surface area (Å²) in [4.78, 5) is 11.1. The second kappa shape index (κ2) is 5.70. The van der Waals surface area contributed by atoms with Gasteiger partial charge in [0.05, 0.1) is 11.8 Å². The Kier molecular flexibility index (Phi) is 4.52. The molecule has 0 radical (unpaired) electrons. The van der Waals surface area contributed by atoms with Crippen LogP contribution in [0.15, 0.2) is 24.3 Å². The van der Waals surface area contributed by atoms with Crippen molar-refractivity contribution < 1.29 is 4.79 Å². The number of carbonyl (C=O) groups excluding carboxylic acids is 1. The maximum absolute atomic E-state index is 11.1. The predicted molar refractivity (Wildman–Crippen MR) is 59.1 cm³/mol. The van der Waals surface area contributed by atoms with Crippen LogP contribution in [-0.2, 0) is 0 Å². The van der Waals surface area contributed by atoms with Gasteiger partial charge in [-0.25, -0.2) is 0 Å². The summed E-state index contributed by atoms with van der Waals surface area (Å²) >= 11 is 10.8. The molecule has 0 amide bonds. The van der Waals surface area contributed by atoms with Gasteiger partial charge in [0, 0.05) is 11.1 Å². The first-order valence-electron chi connectivity index (χ1n) is 4.02. The number of carbonyl (C=O) groups is 1. The molecule has 3 heteroatoms. The maximum Gasteiger partial charge on any atom is 0.177 e. The van der Waals surface area contributed by atoms with Crippen molar-refractivity contribution in [2.24, 2.45) is 0 Å². The van der Waals surface area contributed by atoms with E-state index < -0.39 is 0 Å². The van der Waals surface area contributed by atoms with Crippen molar-refractivity contribution in [2.75, 3.05) is 11.8 Å². The van der Waals surface area contributed by atoms with Crippen molar-refractivity contribution in [3.8, 4) is 11.8 Å². The Morgan fingerprint density at radius 2 is 1.86 bits per heavy atom. The van der Waals surface area contributed by atoms with E-state index in [9.17, 15) is 4.79 Å². The molecule has 0 aliphatic heterocycles. The quantitative estimate of drug-likeness (QED) is 0.431. The van der Waals surface area contributed by atoms with E-state index in [4.69, 9.17) is 23.2 Å². The van der Waals surface area contributed by atoms with Gasteiger partial charge in [-0.1, -0.05) is 24.0 Å². The minimum Gasteiger partial charge on any atom is -0.293 e. The first-order chi connectivity index (χ1) is 6.77. The average Bonchev–Trinajstić information content (AvgIpc) is 2.26. The van der Waals surface area contributed by atoms with Gasteiger partial charge in [-0.3, -0.25) is 4.79 Å². The minimum atomic E-state index is -0.0801. The molecule has 0 heterocycles. The Morgan fingerprint density at radius 1 is 1.21 bits per heavy atom. The van der Waals surface area contributed by atoms with Gasteiger partial charge < -0.3 is 0 Å². The topological polar surface area (TPSA) is 17.1 Å². The van der Waals surface area contributed by atoms with Gasteiger partial charge >= 0.3 is 0 Å². The Balaban J connectivity index is 2.83. The van der Waals surface area contributed by atoms with Crippen molar-refractivity contribution >= 4 is 29.0 Å². The van der Waals surface area contributed by atoms with Gasteiger partial charge in [-0.05, 0) is 12.1 Å². The fourth-order valence-electron chi connectivity index (χ4n) is 0.952. The van der Waals surface area contributed by atoms with Gasteiger partial charge in [0.15, 0.2) is 5.78 Å². The number of Topliss-reactive ketones (excluding diaryl/α,β-unsaturated/α-hetero) is 1. The third-order valence-electron chi connectivity index (χ3n) is 1.63. The number of ketones is 1. The van der Waals surface area contributed by atoms with Crippen LogP contribution < -0.4 is 0 Å². The highest BCUT2D eigenvalue weighted by molar-refractivity contribution is 6.30. The number of hydrogen-bond acceptors (Lipinski definition) is 1. The summed E-state index contributed by atoms with van der Waals surface area (Å²) in [7, 11) is 0. The molecule has 1 nitrogen and oxygen atoms in total. The number of rotatable bonds is 2. The number of alkyl halides is 2. The summed E-state index contributed by atoms with van der Waals surface area (Å²) in [6, 6.07) is 6.98. The van der Waals surface area contributed by atoms with Crippen LogP contribution >= 0.6 is 23.2 Å². The molecule has 1 aromatic carbocycles. The highest BCUT2D eigenvalue weighted by atomic mass is 35.5. The molecule has 0 aliphatic carbocycles. The second-order valence-electron chi connectivity index (χ2n) is 2.57. The van der Waals surface area contributed by atoms with Crippen molar-refractivity contribution in [1.29, 1.82) is 0 Å². The lowest BCUT2D eigenvalue weighted by Crippen LogP contribution is -1.99. The normalized spacial score (nSPS) is 9.00. The third kappa shape index (κ3) is 3.06. The molecule has 0 fully saturated rings. The van der Waals surface area contributed by atoms with Gasteiger partial charge in [0.25, 0.3) is 0 Å². The third-order valence-corrected chi connectivity index (χ3v) is 2.00. The Morgan fingerprint density at radius 3 is 2.36 bits per heavy atom. The largest absolute Gasteiger partial charge is 0.293 e. The zero-order valence-corrected chi connectivity index (χ0v) is 8.90. The van der Waals surface area contributed by atoms with Gasteiger partial charge in [-0.2, -0.15) is 0 Å². The fraction of sp³-hybridized carbons (Fsp3) is 0.182. The predicted octanol–water partition coefficient (Wildman–Crippen LogP) is 2.70. The molecule has 0 saturated heterocycles. The molecule has 0 aliphatic rings. The average molecular weight is 227 g/mol. The molecule has 0 bridgehead atoms. The highest BCUT2D eigenvalue weighted by Gasteiger charge is 2.01. The van der Waals surface area contributed by atoms with Crippen LogP contribution in [0.3, 0.4) is 0 Å². The Labute approximate surface area is 93.0 Å². The summed E-state index contributed by atoms with van der Waals surface area (Å²) in [5, 5.41) is 0. The molecule has 0 aromatic heterocycles. The minimum absolute atomic E-state index is 0.00665. The van der Waals surface area contributed by atoms with E-state index in [0.717, 1.165) is 5.56 Å². The summed E-state index contributed by atoms with van der Waals surface area (Å²) in [5.74, 6) is 5.82. The summed E-state index contributed by atoms with van der Waals surface area (Å²) < 4.78 is 0. The van der Waals surface area contributed by atoms with Crippen LogP contribution in [-0.4, -0.2) is 17.5 Å². The number of hydrogen-bond donors (Lipinski definition) is 0. The first kappa shape index (κ1) is 11.1. The van der Waals surface area contributed by atoms with E-state index in [2.05, 4.69) is 11.8 Å². The zero-order chi connectivity index (χ0) is 10.4. The molecule has 0 unspecified atom stereocenters. The van der Waals surface area contributed by atoms with Crippen LogP contribution in [0.25, 0.3) is 0 Å². The van der Waals surface area contributed by atoms with E-state index in [1.54, 1.807) is 24.3 Å². The van der Waals surface area contributed by atoms with Gasteiger partial charge in [0.1, 0.15) is 0 Å². The van der Waals surface area contributed by atoms with Crippen molar-refractivity contribution in [2.45, 2.75) is 0 Å². The van der Waals surface area contributed by atoms with Crippen LogP contribution in [0, 0.1) is 11.8 Å². The van der Waals surface area contributed by atoms with E-state index in [1.165, 1.54) is 0 Å². The lowest BCUT2D eigenvalue weighted by molar-refractivity contribution is 0.102. The van der Waals surface area contributed by atoms with Gasteiger partial charge in [0.2, 0.25) is 0 Å². The molecule has 72 valence electrons. The van der Waals surface area contributed by atoms with Crippen LogP contribution in [0.2, 0.25) is 0 Å². The van der Waals surface area contributed by atoms with Crippen molar-refractivity contribution in [3.63, 3.8) is 0 Å². The molecule has 0 atom stereocenters. The Hall–Kier alpha value is -0.970. The fourth-order valence-corrected chi connectivity index (χ4v) is 1.17. The van der Waals surface area contributed by atoms with Crippen LogP contribution in [0.5, 0.6) is 0 Å². The monoisotopic (exact) mass is 226 g/mol. The molecule has 0 spiro atoms. The van der Waals surface area contributed by atoms with Crippen LogP contribution in [0.1, 0.15) is 15.9 Å². The van der Waals surface area contributed by atoms with E-state index >= 15 is 0 Å². The molecular weight excluding hydrogens is 219 g/mol. The molecule has 14 heavy (non-hydrogen) atoms. The lowest BCUT2D eigenvalue weighted by Gasteiger charge is -1.96. The summed E-state index contributed by atoms with van der Waals surface area (Å²) in [6.07, 6.45) is 0. The summed E-state index contributed by atoms with van der Waals surface area (Å²) in [6.45, 7) is 0. The second-order valence-corrected chi connectivity index (χ2v) is 3.10. The Bertz CT molecular complexity index is 371. The van der Waals surface area contributed by atoms with E-state index in [0.29, 0.717) is 11.4 Å². The van der Waals surface area contributed by atoms with E-state index in [1.807, 2.05) is 0 Å². The van der Waals surface area contributed by atoms with Crippen molar-refractivity contribution in [1.82, 2.24) is 0 Å². The molecular formula is C11H8Cl2O. The zero-order valence-electron chi connectivity index (χ0n) is 7.39. The number of halogens is 2. The lowest BCUT2D eigenvalue weighted by atomic mass is 10.1. The van der Waals surface area contributed by atoms with Crippen molar-refractivity contribution in [3.05, 3.63) is 35.4 Å². The molecule has 0 N–H and O–H groups in total. The smallest absolute Gasteiger partial charge is 0.177 e.